The summed E-state index contributed by atoms with van der Waals surface area (Å²) in [6.07, 6.45) is 0.912. The Morgan fingerprint density at radius 3 is 2.89 bits per heavy atom. The van der Waals surface area contributed by atoms with Gasteiger partial charge in [-0.25, -0.2) is 0 Å². The normalized spacial score (nSPS) is 25.2. The van der Waals surface area contributed by atoms with Crippen LogP contribution in [0, 0.1) is 0 Å². The fourth-order valence-corrected chi connectivity index (χ4v) is 3.06. The van der Waals surface area contributed by atoms with Gasteiger partial charge in [0.1, 0.15) is 0 Å². The first-order valence-corrected chi connectivity index (χ1v) is 6.69. The zero-order chi connectivity index (χ0) is 12.8. The zero-order valence-electron chi connectivity index (χ0n) is 11.1. The van der Waals surface area contributed by atoms with Gasteiger partial charge in [-0.1, -0.05) is 24.3 Å². The van der Waals surface area contributed by atoms with E-state index in [1.54, 1.807) is 0 Å². The van der Waals surface area contributed by atoms with Crippen LogP contribution in [0.25, 0.3) is 0 Å². The highest BCUT2D eigenvalue weighted by Gasteiger charge is 2.40. The predicted octanol–water partition coefficient (Wildman–Crippen LogP) is 1.54. The van der Waals surface area contributed by atoms with Gasteiger partial charge in [-0.05, 0) is 31.4 Å². The molecule has 0 bridgehead atoms. The van der Waals surface area contributed by atoms with Gasteiger partial charge in [0, 0.05) is 25.2 Å². The molecule has 2 aliphatic rings. The first-order chi connectivity index (χ1) is 8.59. The van der Waals surface area contributed by atoms with E-state index < -0.39 is 0 Å². The topological polar surface area (TPSA) is 32.3 Å². The molecule has 0 saturated carbocycles. The van der Waals surface area contributed by atoms with Crippen LogP contribution in [-0.2, 0) is 11.2 Å². The number of rotatable bonds is 1. The third kappa shape index (κ3) is 1.74. The number of benzene rings is 1. The minimum atomic E-state index is -0.0696. The summed E-state index contributed by atoms with van der Waals surface area (Å²) in [4.78, 5) is 14.7. The standard InChI is InChI=1S/C15H20N2O/c1-15(2)10-16-7-8-17(15)14(18)13-9-11-5-3-4-6-12(11)13/h3-6,13,16H,7-10H2,1-2H3. The number of hydrogen-bond donors (Lipinski definition) is 1. The van der Waals surface area contributed by atoms with Crippen LogP contribution in [0.2, 0.25) is 0 Å². The smallest absolute Gasteiger partial charge is 0.230 e. The second-order valence-corrected chi connectivity index (χ2v) is 5.93. The molecule has 1 fully saturated rings. The number of nitrogens with zero attached hydrogens (tertiary/aromatic N) is 1. The molecule has 1 heterocycles. The van der Waals surface area contributed by atoms with Gasteiger partial charge in [-0.15, -0.1) is 0 Å². The van der Waals surface area contributed by atoms with E-state index in [0.717, 1.165) is 26.1 Å². The van der Waals surface area contributed by atoms with E-state index in [1.807, 2.05) is 12.1 Å². The molecule has 1 aliphatic heterocycles. The Labute approximate surface area is 108 Å². The van der Waals surface area contributed by atoms with E-state index in [1.165, 1.54) is 11.1 Å². The van der Waals surface area contributed by atoms with E-state index >= 15 is 0 Å². The van der Waals surface area contributed by atoms with Crippen molar-refractivity contribution in [2.75, 3.05) is 19.6 Å². The lowest BCUT2D eigenvalue weighted by atomic mass is 9.76. The van der Waals surface area contributed by atoms with Crippen molar-refractivity contribution >= 4 is 5.91 Å². The maximum atomic E-state index is 12.7. The van der Waals surface area contributed by atoms with Gasteiger partial charge >= 0.3 is 0 Å². The SMILES string of the molecule is CC1(C)CNCCN1C(=O)C1Cc2ccccc21. The van der Waals surface area contributed by atoms with Crippen LogP contribution in [0.1, 0.15) is 30.9 Å². The molecule has 0 radical (unpaired) electrons. The second kappa shape index (κ2) is 4.09. The van der Waals surface area contributed by atoms with Gasteiger partial charge in [0.15, 0.2) is 0 Å². The number of piperazine rings is 1. The fraction of sp³-hybridized carbons (Fsp3) is 0.533. The highest BCUT2D eigenvalue weighted by atomic mass is 16.2. The molecule has 18 heavy (non-hydrogen) atoms. The van der Waals surface area contributed by atoms with Crippen molar-refractivity contribution in [2.24, 2.45) is 0 Å². The monoisotopic (exact) mass is 244 g/mol. The van der Waals surface area contributed by atoms with Crippen LogP contribution in [0.3, 0.4) is 0 Å². The zero-order valence-corrected chi connectivity index (χ0v) is 11.1. The Morgan fingerprint density at radius 2 is 2.17 bits per heavy atom. The summed E-state index contributed by atoms with van der Waals surface area (Å²) in [5, 5.41) is 3.36. The molecule has 1 unspecified atom stereocenters. The molecule has 3 rings (SSSR count). The Bertz CT molecular complexity index is 481. The molecule has 1 atom stereocenters. The molecule has 1 amide bonds. The van der Waals surface area contributed by atoms with Crippen molar-refractivity contribution in [3.8, 4) is 0 Å². The van der Waals surface area contributed by atoms with E-state index in [-0.39, 0.29) is 11.5 Å². The summed E-state index contributed by atoms with van der Waals surface area (Å²) >= 11 is 0. The van der Waals surface area contributed by atoms with Gasteiger partial charge in [0.25, 0.3) is 0 Å². The maximum Gasteiger partial charge on any atom is 0.230 e. The summed E-state index contributed by atoms with van der Waals surface area (Å²) in [7, 11) is 0. The molecule has 1 aromatic rings. The summed E-state index contributed by atoms with van der Waals surface area (Å²) in [5.74, 6) is 0.402. The Kier molecular flexibility index (Phi) is 2.67. The van der Waals surface area contributed by atoms with E-state index in [2.05, 4.69) is 36.2 Å². The molecule has 3 nitrogen and oxygen atoms in total. The molecule has 1 N–H and O–H groups in total. The molecule has 96 valence electrons. The molecule has 0 aromatic heterocycles. The van der Waals surface area contributed by atoms with Crippen LogP contribution in [0.15, 0.2) is 24.3 Å². The summed E-state index contributed by atoms with van der Waals surface area (Å²) in [5.41, 5.74) is 2.50. The van der Waals surface area contributed by atoms with Crippen molar-refractivity contribution in [1.82, 2.24) is 10.2 Å². The summed E-state index contributed by atoms with van der Waals surface area (Å²) in [6, 6.07) is 8.30. The van der Waals surface area contributed by atoms with E-state index in [9.17, 15) is 4.79 Å². The van der Waals surface area contributed by atoms with Crippen molar-refractivity contribution in [1.29, 1.82) is 0 Å². The molecule has 3 heteroatoms. The number of hydrogen-bond acceptors (Lipinski definition) is 2. The van der Waals surface area contributed by atoms with Crippen LogP contribution in [-0.4, -0.2) is 36.0 Å². The number of carbonyl (C=O) groups is 1. The number of carbonyl (C=O) groups excluding carboxylic acids is 1. The fourth-order valence-electron chi connectivity index (χ4n) is 3.06. The maximum absolute atomic E-state index is 12.7. The number of amides is 1. The highest BCUT2D eigenvalue weighted by molar-refractivity contribution is 5.87. The van der Waals surface area contributed by atoms with Crippen molar-refractivity contribution in [3.63, 3.8) is 0 Å². The molecule has 0 spiro atoms. The van der Waals surface area contributed by atoms with Crippen LogP contribution in [0.4, 0.5) is 0 Å². The number of nitrogens with one attached hydrogen (secondary N) is 1. The number of fused-ring (bicyclic) bond motifs is 1. The Hall–Kier alpha value is -1.35. The van der Waals surface area contributed by atoms with Gasteiger partial charge in [0.2, 0.25) is 5.91 Å². The summed E-state index contributed by atoms with van der Waals surface area (Å²) in [6.45, 7) is 6.89. The van der Waals surface area contributed by atoms with Crippen LogP contribution < -0.4 is 5.32 Å². The van der Waals surface area contributed by atoms with Crippen molar-refractivity contribution in [3.05, 3.63) is 35.4 Å². The minimum Gasteiger partial charge on any atom is -0.334 e. The van der Waals surface area contributed by atoms with Gasteiger partial charge in [-0.3, -0.25) is 4.79 Å². The lowest BCUT2D eigenvalue weighted by Gasteiger charge is -2.46. The minimum absolute atomic E-state index is 0.0696. The first kappa shape index (κ1) is 11.7. The predicted molar refractivity (Wildman–Crippen MR) is 71.5 cm³/mol. The van der Waals surface area contributed by atoms with Crippen molar-refractivity contribution < 1.29 is 4.79 Å². The average molecular weight is 244 g/mol. The third-order valence-corrected chi connectivity index (χ3v) is 4.22. The highest BCUT2D eigenvalue weighted by Crippen LogP contribution is 2.37. The van der Waals surface area contributed by atoms with Crippen molar-refractivity contribution in [2.45, 2.75) is 31.7 Å². The quantitative estimate of drug-likeness (QED) is 0.812. The van der Waals surface area contributed by atoms with Gasteiger partial charge < -0.3 is 10.2 Å². The lowest BCUT2D eigenvalue weighted by Crippen LogP contribution is -2.61. The van der Waals surface area contributed by atoms with E-state index in [4.69, 9.17) is 0 Å². The van der Waals surface area contributed by atoms with Gasteiger partial charge in [-0.2, -0.15) is 0 Å². The van der Waals surface area contributed by atoms with Gasteiger partial charge in [0.05, 0.1) is 5.92 Å². The Morgan fingerprint density at radius 1 is 1.39 bits per heavy atom. The largest absolute Gasteiger partial charge is 0.334 e. The first-order valence-electron chi connectivity index (χ1n) is 6.69. The van der Waals surface area contributed by atoms with Crippen LogP contribution in [0.5, 0.6) is 0 Å². The molecule has 1 saturated heterocycles. The average Bonchev–Trinajstić information content (AvgIpc) is 2.30. The van der Waals surface area contributed by atoms with E-state index in [0.29, 0.717) is 5.91 Å². The lowest BCUT2D eigenvalue weighted by molar-refractivity contribution is -0.140. The molecular formula is C15H20N2O. The third-order valence-electron chi connectivity index (χ3n) is 4.22. The second-order valence-electron chi connectivity index (χ2n) is 5.93. The summed E-state index contributed by atoms with van der Waals surface area (Å²) < 4.78 is 0. The molecule has 1 aromatic carbocycles. The Balaban J connectivity index is 1.81. The molecular weight excluding hydrogens is 224 g/mol. The van der Waals surface area contributed by atoms with Crippen LogP contribution >= 0.6 is 0 Å². The molecule has 1 aliphatic carbocycles.